The molecule has 130 valence electrons. The molecule has 0 aromatic heterocycles. The summed E-state index contributed by atoms with van der Waals surface area (Å²) in [5, 5.41) is 29.3. The fourth-order valence-corrected chi connectivity index (χ4v) is 2.65. The standard InChI is InChI=1S/C20H20O5/c1-20(2)19(25-20)10-13-9-15(18(24)11-17(13)23)16(22)8-5-12-3-6-14(21)7-4-12/h3-9,11,19,21,23-24H,10H2,1-2H3/b8-5+/t19-/m0/s1. The second-order valence-corrected chi connectivity index (χ2v) is 6.70. The van der Waals surface area contributed by atoms with Gasteiger partial charge >= 0.3 is 0 Å². The molecule has 3 rings (SSSR count). The Balaban J connectivity index is 1.80. The van der Waals surface area contributed by atoms with Gasteiger partial charge in [-0.2, -0.15) is 0 Å². The molecule has 5 nitrogen and oxygen atoms in total. The molecule has 0 amide bonds. The minimum absolute atomic E-state index is 0.0153. The van der Waals surface area contributed by atoms with Crippen molar-refractivity contribution in [1.82, 2.24) is 0 Å². The monoisotopic (exact) mass is 340 g/mol. The van der Waals surface area contributed by atoms with Crippen LogP contribution in [0.15, 0.2) is 42.5 Å². The zero-order chi connectivity index (χ0) is 18.2. The van der Waals surface area contributed by atoms with Gasteiger partial charge in [-0.05, 0) is 49.2 Å². The number of benzene rings is 2. The van der Waals surface area contributed by atoms with Gasteiger partial charge in [0.2, 0.25) is 0 Å². The molecule has 1 aliphatic rings. The van der Waals surface area contributed by atoms with Crippen molar-refractivity contribution < 1.29 is 24.9 Å². The Morgan fingerprint density at radius 1 is 1.12 bits per heavy atom. The molecule has 0 unspecified atom stereocenters. The quantitative estimate of drug-likeness (QED) is 0.441. The molecule has 1 atom stereocenters. The van der Waals surface area contributed by atoms with Crippen molar-refractivity contribution >= 4 is 11.9 Å². The normalized spacial score (nSPS) is 18.4. The Labute approximate surface area is 145 Å². The number of phenolic OH excluding ortho intramolecular Hbond substituents is 3. The topological polar surface area (TPSA) is 90.3 Å². The number of hydrogen-bond acceptors (Lipinski definition) is 5. The summed E-state index contributed by atoms with van der Waals surface area (Å²) in [6.45, 7) is 3.92. The van der Waals surface area contributed by atoms with Gasteiger partial charge in [0, 0.05) is 12.5 Å². The van der Waals surface area contributed by atoms with Crippen LogP contribution < -0.4 is 0 Å². The third kappa shape index (κ3) is 3.83. The van der Waals surface area contributed by atoms with Crippen LogP contribution in [0, 0.1) is 0 Å². The van der Waals surface area contributed by atoms with Gasteiger partial charge in [-0.1, -0.05) is 18.2 Å². The van der Waals surface area contributed by atoms with Gasteiger partial charge in [-0.3, -0.25) is 4.79 Å². The third-order valence-corrected chi connectivity index (χ3v) is 4.35. The van der Waals surface area contributed by atoms with Gasteiger partial charge in [0.1, 0.15) is 17.2 Å². The maximum atomic E-state index is 12.4. The predicted octanol–water partition coefficient (Wildman–Crippen LogP) is 3.42. The first-order valence-electron chi connectivity index (χ1n) is 8.00. The maximum Gasteiger partial charge on any atom is 0.189 e. The second kappa shape index (κ2) is 6.26. The molecule has 0 saturated carbocycles. The number of aromatic hydroxyl groups is 3. The average Bonchev–Trinajstić information content (AvgIpc) is 3.15. The van der Waals surface area contributed by atoms with Crippen LogP contribution in [0.5, 0.6) is 17.2 Å². The molecule has 0 spiro atoms. The summed E-state index contributed by atoms with van der Waals surface area (Å²) >= 11 is 0. The van der Waals surface area contributed by atoms with Crippen LogP contribution in [0.2, 0.25) is 0 Å². The van der Waals surface area contributed by atoms with Gasteiger partial charge in [0.25, 0.3) is 0 Å². The molecule has 1 saturated heterocycles. The van der Waals surface area contributed by atoms with Crippen molar-refractivity contribution in [2.75, 3.05) is 0 Å². The Bertz CT molecular complexity index is 834. The van der Waals surface area contributed by atoms with E-state index in [1.54, 1.807) is 18.2 Å². The van der Waals surface area contributed by atoms with Crippen LogP contribution in [0.3, 0.4) is 0 Å². The van der Waals surface area contributed by atoms with E-state index in [-0.39, 0.29) is 40.3 Å². The number of carbonyl (C=O) groups excluding carboxylic acids is 1. The lowest BCUT2D eigenvalue weighted by atomic mass is 9.98. The molecule has 3 N–H and O–H groups in total. The van der Waals surface area contributed by atoms with E-state index in [0.29, 0.717) is 12.0 Å². The van der Waals surface area contributed by atoms with Crippen molar-refractivity contribution in [2.24, 2.45) is 0 Å². The molecule has 0 aliphatic carbocycles. The number of ether oxygens (including phenoxy) is 1. The number of epoxide rings is 1. The van der Waals surface area contributed by atoms with E-state index in [2.05, 4.69) is 0 Å². The van der Waals surface area contributed by atoms with E-state index in [9.17, 15) is 20.1 Å². The van der Waals surface area contributed by atoms with Crippen LogP contribution in [-0.2, 0) is 11.2 Å². The van der Waals surface area contributed by atoms with Crippen molar-refractivity contribution in [2.45, 2.75) is 32.0 Å². The maximum absolute atomic E-state index is 12.4. The van der Waals surface area contributed by atoms with Crippen molar-refractivity contribution in [3.63, 3.8) is 0 Å². The molecule has 0 bridgehead atoms. The van der Waals surface area contributed by atoms with Crippen LogP contribution in [0.25, 0.3) is 6.08 Å². The summed E-state index contributed by atoms with van der Waals surface area (Å²) in [6.07, 6.45) is 3.40. The fourth-order valence-electron chi connectivity index (χ4n) is 2.65. The number of rotatable bonds is 5. The summed E-state index contributed by atoms with van der Waals surface area (Å²) in [5.74, 6) is -0.544. The fraction of sp³-hybridized carbons (Fsp3) is 0.250. The summed E-state index contributed by atoms with van der Waals surface area (Å²) in [7, 11) is 0. The van der Waals surface area contributed by atoms with Crippen LogP contribution in [-0.4, -0.2) is 32.8 Å². The van der Waals surface area contributed by atoms with Gasteiger partial charge in [0.05, 0.1) is 17.3 Å². The van der Waals surface area contributed by atoms with Gasteiger partial charge in [-0.15, -0.1) is 0 Å². The number of allylic oxidation sites excluding steroid dienone is 1. The van der Waals surface area contributed by atoms with Gasteiger partial charge in [-0.25, -0.2) is 0 Å². The molecule has 1 heterocycles. The molecule has 0 radical (unpaired) electrons. The summed E-state index contributed by atoms with van der Waals surface area (Å²) in [5.41, 5.74) is 1.21. The molecule has 5 heteroatoms. The second-order valence-electron chi connectivity index (χ2n) is 6.70. The van der Waals surface area contributed by atoms with E-state index in [1.165, 1.54) is 30.3 Å². The lowest BCUT2D eigenvalue weighted by molar-refractivity contribution is 0.104. The lowest BCUT2D eigenvalue weighted by Crippen LogP contribution is -2.07. The van der Waals surface area contributed by atoms with Crippen molar-refractivity contribution in [3.8, 4) is 17.2 Å². The summed E-state index contributed by atoms with van der Waals surface area (Å²) in [4.78, 5) is 12.4. The van der Waals surface area contributed by atoms with Crippen LogP contribution in [0.4, 0.5) is 0 Å². The molecule has 25 heavy (non-hydrogen) atoms. The molecule has 1 fully saturated rings. The Morgan fingerprint density at radius 3 is 2.36 bits per heavy atom. The van der Waals surface area contributed by atoms with Crippen molar-refractivity contribution in [1.29, 1.82) is 0 Å². The molecule has 2 aromatic carbocycles. The van der Waals surface area contributed by atoms with Crippen molar-refractivity contribution in [3.05, 3.63) is 59.2 Å². The minimum atomic E-state index is -0.372. The first kappa shape index (κ1) is 17.0. The average molecular weight is 340 g/mol. The number of phenols is 3. The highest BCUT2D eigenvalue weighted by Crippen LogP contribution is 2.40. The minimum Gasteiger partial charge on any atom is -0.508 e. The third-order valence-electron chi connectivity index (χ3n) is 4.35. The summed E-state index contributed by atoms with van der Waals surface area (Å²) < 4.78 is 5.52. The van der Waals surface area contributed by atoms with Crippen LogP contribution >= 0.6 is 0 Å². The Kier molecular flexibility index (Phi) is 4.27. The molecule has 1 aliphatic heterocycles. The highest BCUT2D eigenvalue weighted by molar-refractivity contribution is 6.08. The zero-order valence-electron chi connectivity index (χ0n) is 14.1. The first-order chi connectivity index (χ1) is 11.8. The highest BCUT2D eigenvalue weighted by atomic mass is 16.6. The Morgan fingerprint density at radius 2 is 1.76 bits per heavy atom. The molecular formula is C20H20O5. The van der Waals surface area contributed by atoms with E-state index in [0.717, 1.165) is 5.56 Å². The molecular weight excluding hydrogens is 320 g/mol. The van der Waals surface area contributed by atoms with E-state index >= 15 is 0 Å². The summed E-state index contributed by atoms with van der Waals surface area (Å²) in [6, 6.07) is 9.09. The number of carbonyl (C=O) groups is 1. The van der Waals surface area contributed by atoms with E-state index in [4.69, 9.17) is 4.74 Å². The predicted molar refractivity (Wildman–Crippen MR) is 93.9 cm³/mol. The molecule has 2 aromatic rings. The SMILES string of the molecule is CC1(C)O[C@H]1Cc1cc(C(=O)/C=C/c2ccc(O)cc2)c(O)cc1O. The van der Waals surface area contributed by atoms with E-state index in [1.807, 2.05) is 13.8 Å². The van der Waals surface area contributed by atoms with Gasteiger partial charge in [0.15, 0.2) is 5.78 Å². The lowest BCUT2D eigenvalue weighted by Gasteiger charge is -2.08. The van der Waals surface area contributed by atoms with Crippen LogP contribution in [0.1, 0.15) is 35.3 Å². The largest absolute Gasteiger partial charge is 0.508 e. The smallest absolute Gasteiger partial charge is 0.189 e. The zero-order valence-corrected chi connectivity index (χ0v) is 14.1. The number of hydrogen-bond donors (Lipinski definition) is 3. The van der Waals surface area contributed by atoms with E-state index < -0.39 is 0 Å². The first-order valence-corrected chi connectivity index (χ1v) is 8.00. The highest BCUT2D eigenvalue weighted by Gasteiger charge is 2.47. The van der Waals surface area contributed by atoms with Gasteiger partial charge < -0.3 is 20.1 Å². The number of ketones is 1. The Hall–Kier alpha value is -2.79.